The molecule has 0 radical (unpaired) electrons. The number of rotatable bonds is 3. The second-order valence-corrected chi connectivity index (χ2v) is 5.41. The molecule has 4 N–H and O–H groups in total. The number of anilines is 1. The van der Waals surface area contributed by atoms with Crippen molar-refractivity contribution in [3.05, 3.63) is 29.8 Å². The number of benzene rings is 1. The van der Waals surface area contributed by atoms with Crippen LogP contribution in [0.25, 0.3) is 0 Å². The van der Waals surface area contributed by atoms with Gasteiger partial charge in [0.2, 0.25) is 5.91 Å². The number of nitrogens with one attached hydrogen (secondary N) is 1. The van der Waals surface area contributed by atoms with Crippen LogP contribution in [0.15, 0.2) is 24.3 Å². The first kappa shape index (κ1) is 13.9. The van der Waals surface area contributed by atoms with Gasteiger partial charge in [-0.25, -0.2) is 0 Å². The molecule has 1 aliphatic rings. The zero-order chi connectivity index (χ0) is 13.8. The standard InChI is InChI=1S/C15H22N2O2/c1-10(11-3-2-4-12(16)9-11)15(19)17-13-5-7-14(18)8-6-13/h2-4,9-10,13-14,18H,5-8,16H2,1H3,(H,17,19). The summed E-state index contributed by atoms with van der Waals surface area (Å²) < 4.78 is 0. The number of aliphatic hydroxyl groups is 1. The number of nitrogen functional groups attached to an aromatic ring is 1. The predicted molar refractivity (Wildman–Crippen MR) is 75.7 cm³/mol. The van der Waals surface area contributed by atoms with Crippen LogP contribution in [0.3, 0.4) is 0 Å². The summed E-state index contributed by atoms with van der Waals surface area (Å²) in [5.74, 6) is -0.165. The van der Waals surface area contributed by atoms with Gasteiger partial charge in [-0.3, -0.25) is 4.79 Å². The van der Waals surface area contributed by atoms with E-state index in [0.29, 0.717) is 5.69 Å². The third-order valence-corrected chi connectivity index (χ3v) is 3.85. The van der Waals surface area contributed by atoms with E-state index in [4.69, 9.17) is 5.73 Å². The van der Waals surface area contributed by atoms with Crippen molar-refractivity contribution in [2.24, 2.45) is 0 Å². The molecule has 1 atom stereocenters. The Morgan fingerprint density at radius 3 is 2.68 bits per heavy atom. The van der Waals surface area contributed by atoms with Gasteiger partial charge in [0.25, 0.3) is 0 Å². The maximum atomic E-state index is 12.2. The molecule has 1 saturated carbocycles. The molecule has 1 aromatic carbocycles. The van der Waals surface area contributed by atoms with Crippen LogP contribution in [-0.2, 0) is 4.79 Å². The van der Waals surface area contributed by atoms with Crippen LogP contribution in [-0.4, -0.2) is 23.2 Å². The number of amides is 1. The highest BCUT2D eigenvalue weighted by atomic mass is 16.3. The molecule has 2 rings (SSSR count). The minimum Gasteiger partial charge on any atom is -0.399 e. The highest BCUT2D eigenvalue weighted by Gasteiger charge is 2.23. The van der Waals surface area contributed by atoms with Gasteiger partial charge in [-0.1, -0.05) is 12.1 Å². The van der Waals surface area contributed by atoms with Gasteiger partial charge in [0, 0.05) is 11.7 Å². The number of hydrogen-bond acceptors (Lipinski definition) is 3. The number of aliphatic hydroxyl groups excluding tert-OH is 1. The maximum absolute atomic E-state index is 12.2. The number of hydrogen-bond donors (Lipinski definition) is 3. The minimum absolute atomic E-state index is 0.0342. The Bertz CT molecular complexity index is 440. The van der Waals surface area contributed by atoms with E-state index in [1.165, 1.54) is 0 Å². The Hall–Kier alpha value is -1.55. The third-order valence-electron chi connectivity index (χ3n) is 3.85. The molecular formula is C15H22N2O2. The summed E-state index contributed by atoms with van der Waals surface area (Å²) in [6.07, 6.45) is 3.07. The SMILES string of the molecule is CC(C(=O)NC1CCC(O)CC1)c1cccc(N)c1. The first-order valence-corrected chi connectivity index (χ1v) is 6.90. The fourth-order valence-electron chi connectivity index (χ4n) is 2.53. The molecule has 4 heteroatoms. The minimum atomic E-state index is -0.199. The molecule has 0 spiro atoms. The molecule has 0 aromatic heterocycles. The van der Waals surface area contributed by atoms with Crippen LogP contribution in [0.5, 0.6) is 0 Å². The van der Waals surface area contributed by atoms with Crippen LogP contribution < -0.4 is 11.1 Å². The van der Waals surface area contributed by atoms with Gasteiger partial charge in [-0.05, 0) is 50.3 Å². The zero-order valence-corrected chi connectivity index (χ0v) is 11.3. The van der Waals surface area contributed by atoms with Crippen LogP contribution in [0.4, 0.5) is 5.69 Å². The van der Waals surface area contributed by atoms with E-state index in [-0.39, 0.29) is 24.0 Å². The van der Waals surface area contributed by atoms with Crippen LogP contribution in [0, 0.1) is 0 Å². The quantitative estimate of drug-likeness (QED) is 0.727. The second kappa shape index (κ2) is 6.06. The molecule has 0 aliphatic heterocycles. The molecule has 0 bridgehead atoms. The Kier molecular flexibility index (Phi) is 4.43. The molecule has 104 valence electrons. The zero-order valence-electron chi connectivity index (χ0n) is 11.3. The summed E-state index contributed by atoms with van der Waals surface area (Å²) in [6, 6.07) is 7.64. The Morgan fingerprint density at radius 1 is 1.37 bits per heavy atom. The fourth-order valence-corrected chi connectivity index (χ4v) is 2.53. The van der Waals surface area contributed by atoms with Crippen LogP contribution >= 0.6 is 0 Å². The summed E-state index contributed by atoms with van der Waals surface area (Å²) in [5.41, 5.74) is 7.35. The third kappa shape index (κ3) is 3.70. The van der Waals surface area contributed by atoms with E-state index < -0.39 is 0 Å². The number of nitrogens with two attached hydrogens (primary N) is 1. The average Bonchev–Trinajstić information content (AvgIpc) is 2.40. The molecule has 4 nitrogen and oxygen atoms in total. The van der Waals surface area contributed by atoms with E-state index in [2.05, 4.69) is 5.32 Å². The second-order valence-electron chi connectivity index (χ2n) is 5.41. The first-order valence-electron chi connectivity index (χ1n) is 6.90. The predicted octanol–water partition coefficient (Wildman–Crippen LogP) is 1.79. The molecule has 19 heavy (non-hydrogen) atoms. The van der Waals surface area contributed by atoms with Gasteiger partial charge in [0.05, 0.1) is 12.0 Å². The Balaban J connectivity index is 1.92. The number of carbonyl (C=O) groups excluding carboxylic acids is 1. The normalized spacial score (nSPS) is 24.7. The summed E-state index contributed by atoms with van der Waals surface area (Å²) >= 11 is 0. The van der Waals surface area contributed by atoms with Gasteiger partial charge >= 0.3 is 0 Å². The summed E-state index contributed by atoms with van der Waals surface area (Å²) in [5, 5.41) is 12.5. The highest BCUT2D eigenvalue weighted by Crippen LogP contribution is 2.21. The van der Waals surface area contributed by atoms with Gasteiger partial charge in [0.1, 0.15) is 0 Å². The molecule has 1 amide bonds. The van der Waals surface area contributed by atoms with Crippen molar-refractivity contribution in [1.29, 1.82) is 0 Å². The maximum Gasteiger partial charge on any atom is 0.227 e. The lowest BCUT2D eigenvalue weighted by atomic mass is 9.92. The van der Waals surface area contributed by atoms with Gasteiger partial charge in [-0.2, -0.15) is 0 Å². The van der Waals surface area contributed by atoms with Crippen molar-refractivity contribution in [3.63, 3.8) is 0 Å². The monoisotopic (exact) mass is 262 g/mol. The van der Waals surface area contributed by atoms with Crippen molar-refractivity contribution in [1.82, 2.24) is 5.32 Å². The van der Waals surface area contributed by atoms with Crippen LogP contribution in [0.2, 0.25) is 0 Å². The van der Waals surface area contributed by atoms with E-state index in [1.54, 1.807) is 0 Å². The van der Waals surface area contributed by atoms with E-state index in [0.717, 1.165) is 31.2 Å². The van der Waals surface area contributed by atoms with Crippen molar-refractivity contribution in [2.45, 2.75) is 50.7 Å². The first-order chi connectivity index (χ1) is 9.06. The lowest BCUT2D eigenvalue weighted by Crippen LogP contribution is -2.40. The number of carbonyl (C=O) groups is 1. The molecule has 1 fully saturated rings. The molecular weight excluding hydrogens is 240 g/mol. The van der Waals surface area contributed by atoms with E-state index >= 15 is 0 Å². The Labute approximate surface area is 114 Å². The van der Waals surface area contributed by atoms with Crippen molar-refractivity contribution < 1.29 is 9.90 Å². The highest BCUT2D eigenvalue weighted by molar-refractivity contribution is 5.83. The average molecular weight is 262 g/mol. The molecule has 0 heterocycles. The van der Waals surface area contributed by atoms with E-state index in [9.17, 15) is 9.90 Å². The van der Waals surface area contributed by atoms with Gasteiger partial charge in [-0.15, -0.1) is 0 Å². The largest absolute Gasteiger partial charge is 0.399 e. The lowest BCUT2D eigenvalue weighted by Gasteiger charge is -2.27. The Morgan fingerprint density at radius 2 is 2.05 bits per heavy atom. The molecule has 1 aliphatic carbocycles. The smallest absolute Gasteiger partial charge is 0.227 e. The van der Waals surface area contributed by atoms with Crippen LogP contribution in [0.1, 0.15) is 44.1 Å². The van der Waals surface area contributed by atoms with Gasteiger partial charge in [0.15, 0.2) is 0 Å². The molecule has 1 aromatic rings. The van der Waals surface area contributed by atoms with Crippen molar-refractivity contribution in [2.75, 3.05) is 5.73 Å². The molecule has 0 saturated heterocycles. The van der Waals surface area contributed by atoms with Gasteiger partial charge < -0.3 is 16.2 Å². The lowest BCUT2D eigenvalue weighted by molar-refractivity contribution is -0.123. The topological polar surface area (TPSA) is 75.3 Å². The molecule has 1 unspecified atom stereocenters. The summed E-state index contributed by atoms with van der Waals surface area (Å²) in [4.78, 5) is 12.2. The summed E-state index contributed by atoms with van der Waals surface area (Å²) in [6.45, 7) is 1.89. The fraction of sp³-hybridized carbons (Fsp3) is 0.533. The van der Waals surface area contributed by atoms with Crippen molar-refractivity contribution >= 4 is 11.6 Å². The van der Waals surface area contributed by atoms with E-state index in [1.807, 2.05) is 31.2 Å². The summed E-state index contributed by atoms with van der Waals surface area (Å²) in [7, 11) is 0. The van der Waals surface area contributed by atoms with Crippen molar-refractivity contribution in [3.8, 4) is 0 Å².